The van der Waals surface area contributed by atoms with Crippen molar-refractivity contribution >= 4 is 41.3 Å². The summed E-state index contributed by atoms with van der Waals surface area (Å²) >= 11 is 1.47. The van der Waals surface area contributed by atoms with Gasteiger partial charge in [-0.3, -0.25) is 9.59 Å². The molecule has 3 rings (SSSR count). The number of carbonyl (C=O) groups is 4. The van der Waals surface area contributed by atoms with E-state index in [1.54, 1.807) is 52.0 Å². The van der Waals surface area contributed by atoms with Gasteiger partial charge in [0.15, 0.2) is 0 Å². The Balaban J connectivity index is 1.70. The largest absolute Gasteiger partial charge is 0.481 e. The van der Waals surface area contributed by atoms with Crippen LogP contribution in [0, 0.1) is 0 Å². The van der Waals surface area contributed by atoms with E-state index in [4.69, 9.17) is 4.74 Å². The number of benzene rings is 2. The number of nitrogens with one attached hydrogen (secondary N) is 2. The fourth-order valence-corrected chi connectivity index (χ4v) is 5.12. The average Bonchev–Trinajstić information content (AvgIpc) is 3.27. The van der Waals surface area contributed by atoms with Crippen molar-refractivity contribution < 1.29 is 29.0 Å². The molecule has 10 heteroatoms. The number of esters is 1. The van der Waals surface area contributed by atoms with E-state index in [1.165, 1.54) is 16.7 Å². The molecule has 0 bridgehead atoms. The first-order valence-electron chi connectivity index (χ1n) is 11.5. The molecular formula is C26H31N3O6S. The summed E-state index contributed by atoms with van der Waals surface area (Å²) in [6, 6.07) is 14.5. The van der Waals surface area contributed by atoms with E-state index in [1.807, 2.05) is 30.3 Å². The topological polar surface area (TPSA) is 125 Å². The zero-order valence-electron chi connectivity index (χ0n) is 20.7. The van der Waals surface area contributed by atoms with Crippen LogP contribution in [0.3, 0.4) is 0 Å². The summed E-state index contributed by atoms with van der Waals surface area (Å²) in [4.78, 5) is 51.4. The normalized spacial score (nSPS) is 18.3. The molecule has 0 radical (unpaired) electrons. The Hall–Kier alpha value is -3.53. The third-order valence-electron chi connectivity index (χ3n) is 5.47. The van der Waals surface area contributed by atoms with Gasteiger partial charge in [0.2, 0.25) is 5.91 Å². The van der Waals surface area contributed by atoms with E-state index in [2.05, 4.69) is 10.6 Å². The summed E-state index contributed by atoms with van der Waals surface area (Å²) in [6.07, 6.45) is 0. The zero-order chi connectivity index (χ0) is 26.5. The number of carboxylic acids is 1. The average molecular weight is 514 g/mol. The van der Waals surface area contributed by atoms with Gasteiger partial charge < -0.3 is 25.4 Å². The molecule has 3 atom stereocenters. The third kappa shape index (κ3) is 7.00. The van der Waals surface area contributed by atoms with Gasteiger partial charge in [0.05, 0.1) is 12.5 Å². The van der Waals surface area contributed by atoms with E-state index in [0.717, 1.165) is 5.56 Å². The summed E-state index contributed by atoms with van der Waals surface area (Å²) in [5.41, 5.74) is 1.11. The number of ether oxygens (including phenoxy) is 1. The molecule has 3 amide bonds. The van der Waals surface area contributed by atoms with Crippen molar-refractivity contribution in [3.63, 3.8) is 0 Å². The minimum Gasteiger partial charge on any atom is -0.481 e. The minimum absolute atomic E-state index is 0.333. The molecule has 1 aliphatic rings. The fraction of sp³-hybridized carbons (Fsp3) is 0.385. The zero-order valence-corrected chi connectivity index (χ0v) is 21.5. The first-order chi connectivity index (χ1) is 17.0. The van der Waals surface area contributed by atoms with Gasteiger partial charge in [0.1, 0.15) is 17.0 Å². The summed E-state index contributed by atoms with van der Waals surface area (Å²) in [7, 11) is 0. The lowest BCUT2D eigenvalue weighted by Gasteiger charge is -2.30. The van der Waals surface area contributed by atoms with Crippen molar-refractivity contribution in [1.29, 1.82) is 0 Å². The summed E-state index contributed by atoms with van der Waals surface area (Å²) in [5.74, 6) is -2.24. The molecule has 0 aliphatic carbocycles. The SMILES string of the molecule is CC(C(=O)O)c1cccc(NC(=O)NCC(=O)N2[C@@H](c3ccccc3)SC[C@H]2C(=O)OC(C)(C)C)c1. The molecule has 1 saturated heterocycles. The van der Waals surface area contributed by atoms with Crippen LogP contribution in [0.5, 0.6) is 0 Å². The van der Waals surface area contributed by atoms with Gasteiger partial charge in [-0.15, -0.1) is 11.8 Å². The van der Waals surface area contributed by atoms with Crippen LogP contribution in [0.1, 0.15) is 50.1 Å². The number of hydrogen-bond donors (Lipinski definition) is 3. The van der Waals surface area contributed by atoms with Crippen molar-refractivity contribution in [1.82, 2.24) is 10.2 Å². The predicted octanol–water partition coefficient (Wildman–Crippen LogP) is 3.98. The summed E-state index contributed by atoms with van der Waals surface area (Å²) in [6.45, 7) is 6.53. The van der Waals surface area contributed by atoms with Crippen LogP contribution < -0.4 is 10.6 Å². The number of nitrogens with zero attached hydrogens (tertiary/aromatic N) is 1. The van der Waals surface area contributed by atoms with E-state index in [-0.39, 0.29) is 6.54 Å². The number of thioether (sulfide) groups is 1. The molecule has 1 aliphatic heterocycles. The van der Waals surface area contributed by atoms with E-state index >= 15 is 0 Å². The van der Waals surface area contributed by atoms with Gasteiger partial charge in [-0.2, -0.15) is 0 Å². The van der Waals surface area contributed by atoms with Crippen LogP contribution in [-0.4, -0.2) is 57.8 Å². The van der Waals surface area contributed by atoms with Crippen LogP contribution in [0.4, 0.5) is 10.5 Å². The van der Waals surface area contributed by atoms with Crippen LogP contribution >= 0.6 is 11.8 Å². The van der Waals surface area contributed by atoms with Crippen molar-refractivity contribution in [2.45, 2.75) is 50.6 Å². The monoisotopic (exact) mass is 513 g/mol. The Morgan fingerprint density at radius 1 is 1.11 bits per heavy atom. The van der Waals surface area contributed by atoms with Crippen LogP contribution in [0.15, 0.2) is 54.6 Å². The quantitative estimate of drug-likeness (QED) is 0.478. The number of hydrogen-bond acceptors (Lipinski definition) is 6. The molecule has 3 N–H and O–H groups in total. The Labute approximate surface area is 214 Å². The maximum Gasteiger partial charge on any atom is 0.330 e. The highest BCUT2D eigenvalue weighted by molar-refractivity contribution is 7.99. The Morgan fingerprint density at radius 3 is 2.44 bits per heavy atom. The molecule has 2 aromatic carbocycles. The predicted molar refractivity (Wildman–Crippen MR) is 138 cm³/mol. The summed E-state index contributed by atoms with van der Waals surface area (Å²) < 4.78 is 5.55. The molecule has 192 valence electrons. The maximum atomic E-state index is 13.3. The van der Waals surface area contributed by atoms with Gasteiger partial charge in [-0.1, -0.05) is 42.5 Å². The highest BCUT2D eigenvalue weighted by Gasteiger charge is 2.43. The third-order valence-corrected chi connectivity index (χ3v) is 6.79. The van der Waals surface area contributed by atoms with Crippen LogP contribution in [0.25, 0.3) is 0 Å². The number of aliphatic carboxylic acids is 1. The first-order valence-corrected chi connectivity index (χ1v) is 12.6. The minimum atomic E-state index is -0.974. The number of carbonyl (C=O) groups excluding carboxylic acids is 3. The number of amides is 3. The van der Waals surface area contributed by atoms with Gasteiger partial charge in [0.25, 0.3) is 0 Å². The van der Waals surface area contributed by atoms with Gasteiger partial charge >= 0.3 is 18.0 Å². The van der Waals surface area contributed by atoms with Gasteiger partial charge in [0, 0.05) is 11.4 Å². The lowest BCUT2D eigenvalue weighted by molar-refractivity contribution is -0.163. The van der Waals surface area contributed by atoms with Crippen molar-refractivity contribution in [2.24, 2.45) is 0 Å². The molecule has 1 heterocycles. The smallest absolute Gasteiger partial charge is 0.330 e. The molecule has 9 nitrogen and oxygen atoms in total. The van der Waals surface area contributed by atoms with Gasteiger partial charge in [-0.25, -0.2) is 9.59 Å². The number of anilines is 1. The Morgan fingerprint density at radius 2 is 1.81 bits per heavy atom. The van der Waals surface area contributed by atoms with Gasteiger partial charge in [-0.05, 0) is 51.0 Å². The Kier molecular flexibility index (Phi) is 8.62. The molecule has 0 saturated carbocycles. The number of urea groups is 1. The van der Waals surface area contributed by atoms with Crippen molar-refractivity contribution in [3.05, 3.63) is 65.7 Å². The van der Waals surface area contributed by atoms with Crippen LogP contribution in [-0.2, 0) is 19.1 Å². The highest BCUT2D eigenvalue weighted by atomic mass is 32.2. The number of rotatable bonds is 7. The Bertz CT molecular complexity index is 1120. The van der Waals surface area contributed by atoms with E-state index in [0.29, 0.717) is 17.0 Å². The highest BCUT2D eigenvalue weighted by Crippen LogP contribution is 2.41. The standard InChI is InChI=1S/C26H31N3O6S/c1-16(23(31)32)18-11-8-12-19(13-18)28-25(34)27-14-21(30)29-20(24(33)35-26(2,3)4)15-36-22(29)17-9-6-5-7-10-17/h5-13,16,20,22H,14-15H2,1-4H3,(H,31,32)(H2,27,28,34)/t16?,20-,22+/m0/s1. The fourth-order valence-electron chi connectivity index (χ4n) is 3.69. The second-order valence-corrected chi connectivity index (χ2v) is 10.6. The molecular weight excluding hydrogens is 482 g/mol. The molecule has 0 aromatic heterocycles. The van der Waals surface area contributed by atoms with E-state index in [9.17, 15) is 24.3 Å². The molecule has 36 heavy (non-hydrogen) atoms. The maximum absolute atomic E-state index is 13.3. The lowest BCUT2D eigenvalue weighted by Crippen LogP contribution is -2.49. The second-order valence-electron chi connectivity index (χ2n) is 9.44. The first kappa shape index (κ1) is 27.1. The van der Waals surface area contributed by atoms with Crippen LogP contribution in [0.2, 0.25) is 0 Å². The molecule has 2 aromatic rings. The molecule has 1 fully saturated rings. The van der Waals surface area contributed by atoms with E-state index < -0.39 is 46.8 Å². The van der Waals surface area contributed by atoms with Crippen molar-refractivity contribution in [2.75, 3.05) is 17.6 Å². The molecule has 1 unspecified atom stereocenters. The number of carboxylic acid groups (broad SMARTS) is 1. The van der Waals surface area contributed by atoms with Crippen molar-refractivity contribution in [3.8, 4) is 0 Å². The molecule has 0 spiro atoms. The summed E-state index contributed by atoms with van der Waals surface area (Å²) in [5, 5.41) is 14.0. The lowest BCUT2D eigenvalue weighted by atomic mass is 10.0. The second kappa shape index (κ2) is 11.5.